The molecule has 0 amide bonds. The zero-order valence-electron chi connectivity index (χ0n) is 67.6. The lowest BCUT2D eigenvalue weighted by molar-refractivity contribution is -0.161. The van der Waals surface area contributed by atoms with Crippen LogP contribution in [-0.2, 0) is 55.8 Å². The van der Waals surface area contributed by atoms with E-state index in [2.05, 4.69) is 215 Å². The number of hydrogen-bond acceptors (Lipinski definition) is 14. The van der Waals surface area contributed by atoms with Gasteiger partial charge in [-0.1, -0.05) is 318 Å². The lowest BCUT2D eigenvalue weighted by atomic mass is 10.0. The highest BCUT2D eigenvalue weighted by Gasteiger charge is 2.29. The highest BCUT2D eigenvalue weighted by molar-refractivity contribution is 7.47. The van der Waals surface area contributed by atoms with Gasteiger partial charge in [0.2, 0.25) is 0 Å². The van der Waals surface area contributed by atoms with Crippen LogP contribution in [0.15, 0.2) is 194 Å². The Bertz CT molecular complexity index is 2760. The van der Waals surface area contributed by atoms with Gasteiger partial charge in [0.05, 0.1) is 26.4 Å². The van der Waals surface area contributed by atoms with E-state index in [0.717, 1.165) is 173 Å². The van der Waals surface area contributed by atoms with Gasteiger partial charge in [0.15, 0.2) is 6.10 Å². The second kappa shape index (κ2) is 81.9. The SMILES string of the molecule is CC/C=C\C/C=C\C/C=C\C/C=C\C/C=C\C/C=C\CCCCC(=O)OC(COC(=O)CCCCCCCCCCC/C=C\C/C=C\C/C=C\C/C=C\C/C=C\CC)COP(=O)(O)OCC(O)COP(=O)(O)OCC(O)COC(=O)CCCCCCCCCCCCC/C=C\C/C=C\C/C=C\C/C=C\C/C=C\CC. The van der Waals surface area contributed by atoms with Crippen molar-refractivity contribution >= 4 is 33.6 Å². The van der Waals surface area contributed by atoms with Gasteiger partial charge in [-0.05, 0) is 161 Å². The van der Waals surface area contributed by atoms with Gasteiger partial charge in [-0.2, -0.15) is 0 Å². The number of hydrogen-bond donors (Lipinski definition) is 4. The van der Waals surface area contributed by atoms with E-state index in [1.807, 2.05) is 0 Å². The second-order valence-corrected chi connectivity index (χ2v) is 30.0. The number of carbonyl (C=O) groups is 3. The van der Waals surface area contributed by atoms with Crippen molar-refractivity contribution < 1.29 is 75.8 Å². The summed E-state index contributed by atoms with van der Waals surface area (Å²) in [6, 6.07) is 0. The summed E-state index contributed by atoms with van der Waals surface area (Å²) in [4.78, 5) is 58.8. The number of phosphoric acid groups is 2. The van der Waals surface area contributed by atoms with Gasteiger partial charge < -0.3 is 34.2 Å². The largest absolute Gasteiger partial charge is 0.472 e. The van der Waals surface area contributed by atoms with Crippen molar-refractivity contribution in [3.63, 3.8) is 0 Å². The van der Waals surface area contributed by atoms with Gasteiger partial charge in [-0.3, -0.25) is 32.5 Å². The normalized spacial score (nSPS) is 14.9. The number of rotatable bonds is 77. The molecule has 0 spiro atoms. The Labute approximate surface area is 661 Å². The topological polar surface area (TPSA) is 231 Å². The first-order valence-electron chi connectivity index (χ1n) is 41.7. The molecule has 0 saturated heterocycles. The summed E-state index contributed by atoms with van der Waals surface area (Å²) in [6.07, 6.45) is 108. The number of allylic oxidation sites excluding steroid dienone is 32. The Morgan fingerprint density at radius 2 is 0.459 bits per heavy atom. The maximum absolute atomic E-state index is 13.0. The molecular formula is C91H148O16P2. The molecule has 0 rings (SSSR count). The van der Waals surface area contributed by atoms with Crippen molar-refractivity contribution in [1.29, 1.82) is 0 Å². The summed E-state index contributed by atoms with van der Waals surface area (Å²) >= 11 is 0. The van der Waals surface area contributed by atoms with E-state index in [4.69, 9.17) is 32.3 Å². The van der Waals surface area contributed by atoms with E-state index in [-0.39, 0.29) is 19.3 Å². The fourth-order valence-electron chi connectivity index (χ4n) is 10.6. The molecule has 18 heteroatoms. The Morgan fingerprint density at radius 1 is 0.257 bits per heavy atom. The average Bonchev–Trinajstić information content (AvgIpc) is 0.903. The van der Waals surface area contributed by atoms with Crippen molar-refractivity contribution in [2.45, 2.75) is 322 Å². The van der Waals surface area contributed by atoms with Crippen LogP contribution in [0, 0.1) is 0 Å². The van der Waals surface area contributed by atoms with Crippen molar-refractivity contribution in [2.75, 3.05) is 39.6 Å². The van der Waals surface area contributed by atoms with Gasteiger partial charge in [0.1, 0.15) is 25.4 Å². The van der Waals surface area contributed by atoms with Crippen LogP contribution in [0.2, 0.25) is 0 Å². The first-order valence-corrected chi connectivity index (χ1v) is 44.7. The average molecular weight is 1560 g/mol. The Hall–Kier alpha value is -5.61. The highest BCUT2D eigenvalue weighted by Crippen LogP contribution is 2.45. The van der Waals surface area contributed by atoms with Crippen LogP contribution in [0.1, 0.15) is 303 Å². The number of carbonyl (C=O) groups excluding carboxylic acids is 3. The van der Waals surface area contributed by atoms with Crippen LogP contribution in [-0.4, -0.2) is 95.9 Å². The molecule has 0 aliphatic heterocycles. The summed E-state index contributed by atoms with van der Waals surface area (Å²) in [5.74, 6) is -1.64. The molecule has 0 saturated carbocycles. The lowest BCUT2D eigenvalue weighted by Gasteiger charge is -2.21. The number of esters is 3. The molecule has 109 heavy (non-hydrogen) atoms. The first-order chi connectivity index (χ1) is 53.2. The lowest BCUT2D eigenvalue weighted by Crippen LogP contribution is -2.30. The first kappa shape index (κ1) is 103. The second-order valence-electron chi connectivity index (χ2n) is 27.1. The fraction of sp³-hybridized carbons (Fsp3) is 0.615. The molecule has 0 aromatic heterocycles. The molecule has 0 fully saturated rings. The molecule has 5 atom stereocenters. The third-order valence-electron chi connectivity index (χ3n) is 16.8. The zero-order chi connectivity index (χ0) is 79.4. The highest BCUT2D eigenvalue weighted by atomic mass is 31.2. The maximum Gasteiger partial charge on any atom is 0.472 e. The van der Waals surface area contributed by atoms with Crippen LogP contribution in [0.25, 0.3) is 0 Å². The van der Waals surface area contributed by atoms with Crippen LogP contribution in [0.3, 0.4) is 0 Å². The van der Waals surface area contributed by atoms with Gasteiger partial charge in [0, 0.05) is 19.3 Å². The third-order valence-corrected chi connectivity index (χ3v) is 18.7. The third kappa shape index (κ3) is 83.2. The minimum Gasteiger partial charge on any atom is -0.463 e. The summed E-state index contributed by atoms with van der Waals surface area (Å²) in [5, 5.41) is 20.7. The van der Waals surface area contributed by atoms with Gasteiger partial charge in [-0.15, -0.1) is 0 Å². The van der Waals surface area contributed by atoms with Crippen LogP contribution >= 0.6 is 15.6 Å². The summed E-state index contributed by atoms with van der Waals surface area (Å²) in [5.41, 5.74) is 0. The molecule has 618 valence electrons. The van der Waals surface area contributed by atoms with E-state index in [1.54, 1.807) is 0 Å². The number of aliphatic hydroxyl groups excluding tert-OH is 2. The van der Waals surface area contributed by atoms with Gasteiger partial charge in [0.25, 0.3) is 0 Å². The Balaban J connectivity index is 4.71. The zero-order valence-corrected chi connectivity index (χ0v) is 69.4. The molecule has 0 radical (unpaired) electrons. The molecular weight excluding hydrogens is 1410 g/mol. The molecule has 0 aliphatic carbocycles. The molecule has 0 aromatic carbocycles. The van der Waals surface area contributed by atoms with E-state index in [1.165, 1.54) is 64.2 Å². The molecule has 0 aromatic rings. The van der Waals surface area contributed by atoms with E-state index in [0.29, 0.717) is 25.7 Å². The van der Waals surface area contributed by atoms with Crippen molar-refractivity contribution in [3.8, 4) is 0 Å². The van der Waals surface area contributed by atoms with E-state index in [9.17, 15) is 43.5 Å². The molecule has 0 aliphatic rings. The quantitative estimate of drug-likeness (QED) is 0.0146. The van der Waals surface area contributed by atoms with Gasteiger partial charge in [-0.25, -0.2) is 9.13 Å². The Morgan fingerprint density at radius 3 is 0.743 bits per heavy atom. The van der Waals surface area contributed by atoms with Crippen molar-refractivity contribution in [1.82, 2.24) is 0 Å². The Kier molecular flexibility index (Phi) is 77.7. The number of aliphatic hydroxyl groups is 2. The van der Waals surface area contributed by atoms with E-state index < -0.39 is 91.5 Å². The molecule has 4 N–H and O–H groups in total. The summed E-state index contributed by atoms with van der Waals surface area (Å²) in [6.45, 7) is 2.27. The molecule has 5 unspecified atom stereocenters. The minimum absolute atomic E-state index is 0.0406. The predicted octanol–water partition coefficient (Wildman–Crippen LogP) is 25.1. The summed E-state index contributed by atoms with van der Waals surface area (Å²) in [7, 11) is -9.83. The van der Waals surface area contributed by atoms with E-state index >= 15 is 0 Å². The number of ether oxygens (including phenoxy) is 3. The standard InChI is InChI=1S/C91H148O16P2/c1-4-7-10-13-16-19-22-25-28-31-34-37-39-41-42-44-46-48-50-53-56-59-62-65-68-71-74-77-89(94)101-80-86(92)81-103-108(97,98)104-82-87(93)83-105-109(99,100)106-85-88(107-91(96)79-76-73-70-67-64-61-58-55-52-47-36-33-30-27-24-21-18-15-12-9-6-3)84-102-90(95)78-75-72-69-66-63-60-57-54-51-49-45-43-40-38-35-32-29-26-23-20-17-14-11-8-5-2/h7-12,16-21,25-30,34-38,41-43,45,47,55,58,64,67,86-88,92-93H,4-6,13-15,22-24,31-33,39-40,44,46,48-54,56-57,59-63,65-66,68-85H2,1-3H3,(H,97,98)(H,99,100)/b10-7-,11-8-,12-9-,19-16-,20-17-,21-18-,28-25-,29-26-,30-27-,37-34-,38-35-,42-41-,45-43-,47-36-,58-55-,67-64-. The van der Waals surface area contributed by atoms with Crippen LogP contribution in [0.4, 0.5) is 0 Å². The number of unbranched alkanes of at least 4 members (excludes halogenated alkanes) is 22. The number of phosphoric ester groups is 2. The van der Waals surface area contributed by atoms with Gasteiger partial charge >= 0.3 is 33.6 Å². The summed E-state index contributed by atoms with van der Waals surface area (Å²) < 4.78 is 61.3. The smallest absolute Gasteiger partial charge is 0.463 e. The minimum atomic E-state index is -4.96. The maximum atomic E-state index is 13.0. The van der Waals surface area contributed by atoms with Crippen molar-refractivity contribution in [2.24, 2.45) is 0 Å². The predicted molar refractivity (Wildman–Crippen MR) is 454 cm³/mol. The van der Waals surface area contributed by atoms with Crippen LogP contribution < -0.4 is 0 Å². The molecule has 0 heterocycles. The van der Waals surface area contributed by atoms with Crippen molar-refractivity contribution in [3.05, 3.63) is 194 Å². The molecule has 16 nitrogen and oxygen atoms in total. The fourth-order valence-corrected chi connectivity index (χ4v) is 12.2. The monoisotopic (exact) mass is 1560 g/mol. The molecule has 0 bridgehead atoms. The van der Waals surface area contributed by atoms with Crippen LogP contribution in [0.5, 0.6) is 0 Å².